The smallest absolute Gasteiger partial charge is 0.202 e. The van der Waals surface area contributed by atoms with Crippen molar-refractivity contribution in [3.63, 3.8) is 0 Å². The van der Waals surface area contributed by atoms with Crippen molar-refractivity contribution < 1.29 is 4.74 Å². The monoisotopic (exact) mass is 387 g/mol. The van der Waals surface area contributed by atoms with Gasteiger partial charge < -0.3 is 4.74 Å². The summed E-state index contributed by atoms with van der Waals surface area (Å²) in [5.41, 5.74) is 11.3. The number of halogens is 1. The molecule has 0 radical (unpaired) electrons. The average molecular weight is 388 g/mol. The van der Waals surface area contributed by atoms with Crippen molar-refractivity contribution in [1.82, 2.24) is 0 Å². The Balaban J connectivity index is 1.79. The first-order chi connectivity index (χ1) is 13.7. The van der Waals surface area contributed by atoms with Crippen LogP contribution in [0.1, 0.15) is 29.0 Å². The molecule has 0 spiro atoms. The second kappa shape index (κ2) is 7.81. The van der Waals surface area contributed by atoms with Gasteiger partial charge in [0.15, 0.2) is 0 Å². The van der Waals surface area contributed by atoms with Gasteiger partial charge in [0.05, 0.1) is 5.92 Å². The highest BCUT2D eigenvalue weighted by Gasteiger charge is 2.45. The Hall–Kier alpha value is -3.20. The average Bonchev–Trinajstić information content (AvgIpc) is 3.15. The molecule has 5 heteroatoms. The van der Waals surface area contributed by atoms with Gasteiger partial charge in [0.1, 0.15) is 5.76 Å². The molecule has 28 heavy (non-hydrogen) atoms. The first kappa shape index (κ1) is 18.2. The summed E-state index contributed by atoms with van der Waals surface area (Å²) in [6, 6.07) is 27.5. The van der Waals surface area contributed by atoms with Crippen LogP contribution in [-0.4, -0.2) is 5.72 Å². The quantitative estimate of drug-likeness (QED) is 0.265. The van der Waals surface area contributed by atoms with Crippen LogP contribution < -0.4 is 0 Å². The van der Waals surface area contributed by atoms with Crippen molar-refractivity contribution in [3.8, 4) is 0 Å². The molecule has 0 saturated heterocycles. The number of nitrogens with zero attached hydrogens (tertiary/aromatic N) is 3. The number of rotatable bonds is 5. The summed E-state index contributed by atoms with van der Waals surface area (Å²) in [5.74, 6) is 0.452. The molecular weight excluding hydrogens is 370 g/mol. The maximum Gasteiger partial charge on any atom is 0.202 e. The lowest BCUT2D eigenvalue weighted by Gasteiger charge is -2.34. The topological polar surface area (TPSA) is 58.0 Å². The van der Waals surface area contributed by atoms with Crippen molar-refractivity contribution in [2.75, 3.05) is 0 Å². The first-order valence-electron chi connectivity index (χ1n) is 9.03. The third-order valence-corrected chi connectivity index (χ3v) is 5.18. The van der Waals surface area contributed by atoms with Crippen LogP contribution in [-0.2, 0) is 4.74 Å². The molecule has 0 bridgehead atoms. The van der Waals surface area contributed by atoms with Gasteiger partial charge in [-0.15, -0.1) is 0 Å². The molecule has 0 fully saturated rings. The van der Waals surface area contributed by atoms with E-state index in [0.717, 1.165) is 16.7 Å². The van der Waals surface area contributed by atoms with Gasteiger partial charge in [0.2, 0.25) is 5.72 Å². The fraction of sp³-hybridized carbons (Fsp3) is 0.130. The summed E-state index contributed by atoms with van der Waals surface area (Å²) in [4.78, 5) is 3.15. The molecule has 1 aliphatic heterocycles. The van der Waals surface area contributed by atoms with Crippen LogP contribution in [0.3, 0.4) is 0 Å². The van der Waals surface area contributed by atoms with Crippen molar-refractivity contribution in [2.24, 2.45) is 5.11 Å². The number of benzene rings is 3. The summed E-state index contributed by atoms with van der Waals surface area (Å²) in [5, 5.41) is 4.84. The Labute approximate surface area is 168 Å². The summed E-state index contributed by atoms with van der Waals surface area (Å²) < 4.78 is 6.38. The SMILES string of the molecule is [N-]=[N+]=NC1(C(c2ccccc2)c2ccccc2)CC=C(c2ccc(Cl)cc2)O1. The van der Waals surface area contributed by atoms with Crippen LogP contribution in [0.4, 0.5) is 0 Å². The molecule has 0 aromatic heterocycles. The van der Waals surface area contributed by atoms with E-state index in [4.69, 9.17) is 16.3 Å². The lowest BCUT2D eigenvalue weighted by atomic mass is 9.81. The highest BCUT2D eigenvalue weighted by atomic mass is 35.5. The molecule has 4 rings (SSSR count). The van der Waals surface area contributed by atoms with E-state index >= 15 is 0 Å². The fourth-order valence-electron chi connectivity index (χ4n) is 3.68. The second-order valence-corrected chi connectivity index (χ2v) is 7.11. The molecule has 0 N–H and O–H groups in total. The number of hydrogen-bond acceptors (Lipinski definition) is 2. The van der Waals surface area contributed by atoms with Crippen LogP contribution in [0.5, 0.6) is 0 Å². The number of hydrogen-bond donors (Lipinski definition) is 0. The van der Waals surface area contributed by atoms with Crippen molar-refractivity contribution in [2.45, 2.75) is 18.1 Å². The molecule has 0 saturated carbocycles. The van der Waals surface area contributed by atoms with Gasteiger partial charge in [0.25, 0.3) is 0 Å². The molecule has 1 aliphatic rings. The molecule has 3 aromatic rings. The van der Waals surface area contributed by atoms with Crippen LogP contribution in [0.15, 0.2) is 96.1 Å². The number of azide groups is 1. The van der Waals surface area contributed by atoms with Crippen molar-refractivity contribution in [1.29, 1.82) is 0 Å². The predicted molar refractivity (Wildman–Crippen MR) is 112 cm³/mol. The predicted octanol–water partition coefficient (Wildman–Crippen LogP) is 6.94. The van der Waals surface area contributed by atoms with E-state index in [1.165, 1.54) is 0 Å². The molecule has 1 atom stereocenters. The van der Waals surface area contributed by atoms with E-state index in [-0.39, 0.29) is 5.92 Å². The molecular formula is C23H18ClN3O. The van der Waals surface area contributed by atoms with Crippen LogP contribution in [0.25, 0.3) is 16.2 Å². The molecule has 1 heterocycles. The minimum absolute atomic E-state index is 0.244. The van der Waals surface area contributed by atoms with E-state index in [1.807, 2.05) is 91.0 Å². The fourth-order valence-corrected chi connectivity index (χ4v) is 3.81. The van der Waals surface area contributed by atoms with E-state index < -0.39 is 5.72 Å². The van der Waals surface area contributed by atoms with Gasteiger partial charge in [-0.2, -0.15) is 0 Å². The maximum absolute atomic E-state index is 9.37. The zero-order valence-corrected chi connectivity index (χ0v) is 15.8. The highest BCUT2D eigenvalue weighted by Crippen LogP contribution is 2.47. The Bertz CT molecular complexity index is 989. The van der Waals surface area contributed by atoms with E-state index in [2.05, 4.69) is 10.0 Å². The van der Waals surface area contributed by atoms with Gasteiger partial charge in [-0.3, -0.25) is 0 Å². The molecule has 4 nitrogen and oxygen atoms in total. The normalized spacial score (nSPS) is 18.3. The summed E-state index contributed by atoms with van der Waals surface area (Å²) in [6.45, 7) is 0. The third kappa shape index (κ3) is 3.48. The van der Waals surface area contributed by atoms with Gasteiger partial charge in [-0.25, -0.2) is 0 Å². The zero-order chi connectivity index (χ0) is 19.4. The molecule has 3 aromatic carbocycles. The van der Waals surface area contributed by atoms with Crippen LogP contribution in [0.2, 0.25) is 5.02 Å². The lowest BCUT2D eigenvalue weighted by molar-refractivity contribution is 0.0501. The zero-order valence-electron chi connectivity index (χ0n) is 15.1. The number of ether oxygens (including phenoxy) is 1. The van der Waals surface area contributed by atoms with Crippen molar-refractivity contribution in [3.05, 3.63) is 123 Å². The molecule has 1 unspecified atom stereocenters. The Morgan fingerprint density at radius 2 is 1.46 bits per heavy atom. The van der Waals surface area contributed by atoms with Crippen molar-refractivity contribution >= 4 is 17.4 Å². The third-order valence-electron chi connectivity index (χ3n) is 4.93. The highest BCUT2D eigenvalue weighted by molar-refractivity contribution is 6.30. The largest absolute Gasteiger partial charge is 0.480 e. The van der Waals surface area contributed by atoms with E-state index in [9.17, 15) is 5.53 Å². The standard InChI is InChI=1S/C23H18ClN3O/c24-20-13-11-17(12-14-20)21-15-16-23(28-21,26-27-25)22(18-7-3-1-4-8-18)19-9-5-2-6-10-19/h1-15,22H,16H2. The van der Waals surface area contributed by atoms with Crippen LogP contribution >= 0.6 is 11.6 Å². The Morgan fingerprint density at radius 3 is 2.00 bits per heavy atom. The Kier molecular flexibility index (Phi) is 5.07. The minimum atomic E-state index is -1.08. The second-order valence-electron chi connectivity index (χ2n) is 6.67. The maximum atomic E-state index is 9.37. The van der Waals surface area contributed by atoms with Gasteiger partial charge in [-0.1, -0.05) is 72.3 Å². The minimum Gasteiger partial charge on any atom is -0.480 e. The van der Waals surface area contributed by atoms with E-state index in [0.29, 0.717) is 17.2 Å². The summed E-state index contributed by atoms with van der Waals surface area (Å²) in [6.07, 6.45) is 2.46. The lowest BCUT2D eigenvalue weighted by Crippen LogP contribution is -2.34. The summed E-state index contributed by atoms with van der Waals surface area (Å²) in [7, 11) is 0. The Morgan fingerprint density at radius 1 is 0.893 bits per heavy atom. The molecule has 138 valence electrons. The van der Waals surface area contributed by atoms with Gasteiger partial charge in [-0.05, 0) is 52.1 Å². The summed E-state index contributed by atoms with van der Waals surface area (Å²) >= 11 is 6.01. The van der Waals surface area contributed by atoms with E-state index in [1.54, 1.807) is 0 Å². The molecule has 0 amide bonds. The van der Waals surface area contributed by atoms with Gasteiger partial charge in [0, 0.05) is 21.9 Å². The van der Waals surface area contributed by atoms with Crippen LogP contribution in [0, 0.1) is 0 Å². The molecule has 0 aliphatic carbocycles. The first-order valence-corrected chi connectivity index (χ1v) is 9.41. The van der Waals surface area contributed by atoms with Gasteiger partial charge >= 0.3 is 0 Å².